The fourth-order valence-electron chi connectivity index (χ4n) is 1.12. The lowest BCUT2D eigenvalue weighted by atomic mass is 10.1. The third-order valence-electron chi connectivity index (χ3n) is 2.01. The first kappa shape index (κ1) is 13.0. The van der Waals surface area contributed by atoms with Crippen LogP contribution in [0, 0.1) is 21.7 Å². The van der Waals surface area contributed by atoms with Crippen LogP contribution < -0.4 is 0 Å². The molecule has 92 valence electrons. The molecular weight excluding hydrogens is 238 g/mol. The normalized spacial score (nSPS) is 10.1. The molecule has 0 atom stereocenters. The van der Waals surface area contributed by atoms with E-state index < -0.39 is 33.7 Å². The van der Waals surface area contributed by atoms with E-state index in [2.05, 4.69) is 4.84 Å². The molecule has 0 bridgehead atoms. The molecule has 0 radical (unpaired) electrons. The molecule has 0 unspecified atom stereocenters. The molecule has 0 fully saturated rings. The van der Waals surface area contributed by atoms with Crippen molar-refractivity contribution in [2.75, 3.05) is 14.2 Å². The van der Waals surface area contributed by atoms with E-state index >= 15 is 0 Å². The van der Waals surface area contributed by atoms with Crippen molar-refractivity contribution >= 4 is 11.6 Å². The number of hydrogen-bond donors (Lipinski definition) is 0. The van der Waals surface area contributed by atoms with Gasteiger partial charge in [0.2, 0.25) is 5.82 Å². The Morgan fingerprint density at radius 3 is 2.53 bits per heavy atom. The monoisotopic (exact) mass is 246 g/mol. The van der Waals surface area contributed by atoms with Gasteiger partial charge in [0.05, 0.1) is 23.7 Å². The third-order valence-corrected chi connectivity index (χ3v) is 2.01. The van der Waals surface area contributed by atoms with Crippen LogP contribution in [0.3, 0.4) is 0 Å². The van der Waals surface area contributed by atoms with Crippen LogP contribution in [-0.4, -0.2) is 30.1 Å². The molecule has 0 aliphatic heterocycles. The SMILES string of the molecule is CON(C)C(=O)c1cc(F)cc([N+](=O)[O-])c1F. The molecule has 0 saturated carbocycles. The molecular formula is C9H8F2N2O4. The summed E-state index contributed by atoms with van der Waals surface area (Å²) in [5, 5.41) is 11.1. The number of nitro benzene ring substituents is 1. The second kappa shape index (κ2) is 4.83. The number of carbonyl (C=O) groups is 1. The fourth-order valence-corrected chi connectivity index (χ4v) is 1.12. The van der Waals surface area contributed by atoms with Gasteiger partial charge in [-0.05, 0) is 6.07 Å². The molecule has 0 aliphatic rings. The summed E-state index contributed by atoms with van der Waals surface area (Å²) in [6, 6.07) is 0.971. The van der Waals surface area contributed by atoms with E-state index in [9.17, 15) is 23.7 Å². The van der Waals surface area contributed by atoms with Crippen LogP contribution in [0.15, 0.2) is 12.1 Å². The van der Waals surface area contributed by atoms with Gasteiger partial charge in [0.1, 0.15) is 5.82 Å². The van der Waals surface area contributed by atoms with Crippen molar-refractivity contribution in [1.82, 2.24) is 5.06 Å². The van der Waals surface area contributed by atoms with Crippen LogP contribution in [0.2, 0.25) is 0 Å². The van der Waals surface area contributed by atoms with Crippen molar-refractivity contribution in [2.24, 2.45) is 0 Å². The fraction of sp³-hybridized carbons (Fsp3) is 0.222. The number of carbonyl (C=O) groups excluding carboxylic acids is 1. The Hall–Kier alpha value is -2.09. The lowest BCUT2D eigenvalue weighted by Gasteiger charge is -2.13. The zero-order chi connectivity index (χ0) is 13.2. The highest BCUT2D eigenvalue weighted by atomic mass is 19.1. The van der Waals surface area contributed by atoms with E-state index in [1.807, 2.05) is 0 Å². The van der Waals surface area contributed by atoms with Gasteiger partial charge in [-0.2, -0.15) is 4.39 Å². The van der Waals surface area contributed by atoms with Crippen molar-refractivity contribution < 1.29 is 23.3 Å². The summed E-state index contributed by atoms with van der Waals surface area (Å²) >= 11 is 0. The lowest BCUT2D eigenvalue weighted by Crippen LogP contribution is -2.26. The maximum absolute atomic E-state index is 13.5. The van der Waals surface area contributed by atoms with E-state index in [4.69, 9.17) is 0 Å². The first-order valence-corrected chi connectivity index (χ1v) is 4.34. The Labute approximate surface area is 94.5 Å². The molecule has 0 aromatic heterocycles. The second-order valence-corrected chi connectivity index (χ2v) is 3.03. The molecule has 0 aliphatic carbocycles. The van der Waals surface area contributed by atoms with Gasteiger partial charge in [0, 0.05) is 7.05 Å². The summed E-state index contributed by atoms with van der Waals surface area (Å²) in [6.45, 7) is 0. The summed E-state index contributed by atoms with van der Waals surface area (Å²) in [5.41, 5.74) is -1.86. The Morgan fingerprint density at radius 2 is 2.06 bits per heavy atom. The standard InChI is InChI=1S/C9H8F2N2O4/c1-12(17-2)9(14)6-3-5(10)4-7(8(6)11)13(15)16/h3-4H,1-2H3. The highest BCUT2D eigenvalue weighted by Gasteiger charge is 2.26. The molecule has 17 heavy (non-hydrogen) atoms. The van der Waals surface area contributed by atoms with Crippen LogP contribution >= 0.6 is 0 Å². The number of benzene rings is 1. The largest absolute Gasteiger partial charge is 0.308 e. The Morgan fingerprint density at radius 1 is 1.47 bits per heavy atom. The third kappa shape index (κ3) is 2.53. The first-order chi connectivity index (χ1) is 7.88. The van der Waals surface area contributed by atoms with E-state index in [1.54, 1.807) is 0 Å². The summed E-state index contributed by atoms with van der Waals surface area (Å²) in [7, 11) is 2.31. The topological polar surface area (TPSA) is 72.7 Å². The number of nitrogens with zero attached hydrogens (tertiary/aromatic N) is 2. The quantitative estimate of drug-likeness (QED) is 0.598. The number of nitro groups is 1. The number of hydrogen-bond acceptors (Lipinski definition) is 4. The molecule has 1 aromatic carbocycles. The van der Waals surface area contributed by atoms with E-state index in [1.165, 1.54) is 7.05 Å². The van der Waals surface area contributed by atoms with Crippen molar-refractivity contribution in [1.29, 1.82) is 0 Å². The average Bonchev–Trinajstić information content (AvgIpc) is 2.29. The van der Waals surface area contributed by atoms with Crippen LogP contribution in [0.1, 0.15) is 10.4 Å². The van der Waals surface area contributed by atoms with Crippen molar-refractivity contribution in [2.45, 2.75) is 0 Å². The highest BCUT2D eigenvalue weighted by molar-refractivity contribution is 5.94. The van der Waals surface area contributed by atoms with E-state index in [-0.39, 0.29) is 0 Å². The number of halogens is 2. The van der Waals surface area contributed by atoms with Gasteiger partial charge >= 0.3 is 5.69 Å². The molecule has 1 amide bonds. The van der Waals surface area contributed by atoms with Gasteiger partial charge in [-0.3, -0.25) is 19.7 Å². The predicted octanol–water partition coefficient (Wildman–Crippen LogP) is 1.51. The zero-order valence-corrected chi connectivity index (χ0v) is 8.94. The van der Waals surface area contributed by atoms with Crippen molar-refractivity contribution in [3.05, 3.63) is 39.4 Å². The van der Waals surface area contributed by atoms with E-state index in [0.717, 1.165) is 7.11 Å². The second-order valence-electron chi connectivity index (χ2n) is 3.03. The number of amides is 1. The van der Waals surface area contributed by atoms with Crippen LogP contribution in [0.5, 0.6) is 0 Å². The maximum atomic E-state index is 13.5. The number of rotatable bonds is 3. The molecule has 0 N–H and O–H groups in total. The molecule has 1 rings (SSSR count). The smallest absolute Gasteiger partial charge is 0.274 e. The Balaban J connectivity index is 3.34. The van der Waals surface area contributed by atoms with Crippen molar-refractivity contribution in [3.8, 4) is 0 Å². The van der Waals surface area contributed by atoms with Gasteiger partial charge in [-0.15, -0.1) is 0 Å². The summed E-state index contributed by atoms with van der Waals surface area (Å²) < 4.78 is 26.6. The first-order valence-electron chi connectivity index (χ1n) is 4.34. The van der Waals surface area contributed by atoms with Crippen LogP contribution in [-0.2, 0) is 4.84 Å². The zero-order valence-electron chi connectivity index (χ0n) is 8.94. The molecule has 1 aromatic rings. The minimum Gasteiger partial charge on any atom is -0.274 e. The molecule has 0 heterocycles. The summed E-state index contributed by atoms with van der Waals surface area (Å²) in [6.07, 6.45) is 0. The van der Waals surface area contributed by atoms with Gasteiger partial charge in [-0.25, -0.2) is 9.45 Å². The van der Waals surface area contributed by atoms with Gasteiger partial charge in [0.25, 0.3) is 5.91 Å². The molecule has 8 heteroatoms. The highest BCUT2D eigenvalue weighted by Crippen LogP contribution is 2.23. The maximum Gasteiger partial charge on any atom is 0.308 e. The van der Waals surface area contributed by atoms with Crippen LogP contribution in [0.4, 0.5) is 14.5 Å². The molecule has 0 saturated heterocycles. The van der Waals surface area contributed by atoms with Crippen LogP contribution in [0.25, 0.3) is 0 Å². The lowest BCUT2D eigenvalue weighted by molar-refractivity contribution is -0.387. The van der Waals surface area contributed by atoms with Gasteiger partial charge < -0.3 is 0 Å². The summed E-state index contributed by atoms with van der Waals surface area (Å²) in [4.78, 5) is 25.3. The minimum atomic E-state index is -1.40. The Bertz CT molecular complexity index is 478. The van der Waals surface area contributed by atoms with E-state index in [0.29, 0.717) is 17.2 Å². The van der Waals surface area contributed by atoms with Crippen molar-refractivity contribution in [3.63, 3.8) is 0 Å². The minimum absolute atomic E-state index is 0.402. The molecule has 6 nitrogen and oxygen atoms in total. The van der Waals surface area contributed by atoms with Gasteiger partial charge in [0.15, 0.2) is 0 Å². The summed E-state index contributed by atoms with van der Waals surface area (Å²) in [5.74, 6) is -3.50. The average molecular weight is 246 g/mol. The number of hydroxylamine groups is 2. The Kier molecular flexibility index (Phi) is 3.69. The molecule has 0 spiro atoms. The predicted molar refractivity (Wildman–Crippen MR) is 52.1 cm³/mol. The van der Waals surface area contributed by atoms with Gasteiger partial charge in [-0.1, -0.05) is 0 Å².